The quantitative estimate of drug-likeness (QED) is 0.397. The second-order valence-electron chi connectivity index (χ2n) is 10.1. The van der Waals surface area contributed by atoms with Crippen LogP contribution in [-0.4, -0.2) is 55.7 Å². The molecule has 3 aliphatic rings. The zero-order valence-electron chi connectivity index (χ0n) is 20.8. The molecule has 1 saturated heterocycles. The number of aromatic nitrogens is 3. The molecule has 3 aliphatic heterocycles. The van der Waals surface area contributed by atoms with E-state index in [0.717, 1.165) is 19.3 Å². The van der Waals surface area contributed by atoms with E-state index >= 15 is 8.78 Å². The highest BCUT2D eigenvalue weighted by atomic mass is 19.2. The molecule has 4 aromatic rings. The van der Waals surface area contributed by atoms with Gasteiger partial charge >= 0.3 is 0 Å². The molecule has 0 spiro atoms. The number of hydrogen-bond donors (Lipinski definition) is 2. The first-order chi connectivity index (χ1) is 18.9. The molecule has 0 aliphatic carbocycles. The summed E-state index contributed by atoms with van der Waals surface area (Å²) in [6.45, 7) is 1.42. The number of benzene rings is 1. The van der Waals surface area contributed by atoms with Crippen LogP contribution in [0.25, 0.3) is 27.7 Å². The Bertz CT molecular complexity index is 1750. The normalized spacial score (nSPS) is 19.7. The number of halogens is 2. The number of piperidine rings is 1. The van der Waals surface area contributed by atoms with E-state index in [1.165, 1.54) is 16.8 Å². The van der Waals surface area contributed by atoms with E-state index in [1.807, 2.05) is 0 Å². The highest BCUT2D eigenvalue weighted by Gasteiger charge is 2.38. The molecule has 6 heterocycles. The zero-order chi connectivity index (χ0) is 26.8. The number of amides is 3. The molecule has 7 rings (SSSR count). The van der Waals surface area contributed by atoms with Gasteiger partial charge in [-0.15, -0.1) is 0 Å². The molecule has 0 saturated carbocycles. The van der Waals surface area contributed by atoms with E-state index in [2.05, 4.69) is 15.6 Å². The van der Waals surface area contributed by atoms with Crippen molar-refractivity contribution in [3.8, 4) is 0 Å². The molecule has 1 aromatic carbocycles. The van der Waals surface area contributed by atoms with E-state index in [4.69, 9.17) is 0 Å². The molecule has 1 unspecified atom stereocenters. The third-order valence-corrected chi connectivity index (χ3v) is 7.91. The van der Waals surface area contributed by atoms with Crippen LogP contribution in [-0.2, 0) is 27.5 Å². The fraction of sp³-hybridized carbons (Fsp3) is 0.286. The summed E-state index contributed by atoms with van der Waals surface area (Å²) in [6, 6.07) is 7.80. The molecule has 1 fully saturated rings. The number of pyridine rings is 1. The van der Waals surface area contributed by atoms with Crippen molar-refractivity contribution in [1.82, 2.24) is 29.5 Å². The van der Waals surface area contributed by atoms with E-state index in [-0.39, 0.29) is 46.6 Å². The molecule has 0 radical (unpaired) electrons. The third-order valence-electron chi connectivity index (χ3n) is 7.91. The SMILES string of the molecule is O=C1NC(=O)C(c2cnc3ccccn23)=C1c1ccc2c3c1c(F)c(F)n3CC(C(=O)N1CCCCC1)NC2. The van der Waals surface area contributed by atoms with Gasteiger partial charge in [-0.25, -0.2) is 9.37 Å². The van der Waals surface area contributed by atoms with Crippen LogP contribution in [0.1, 0.15) is 36.1 Å². The Morgan fingerprint density at radius 1 is 1.00 bits per heavy atom. The topological polar surface area (TPSA) is 101 Å². The van der Waals surface area contributed by atoms with Crippen LogP contribution in [0.4, 0.5) is 8.78 Å². The van der Waals surface area contributed by atoms with Crippen LogP contribution in [0.5, 0.6) is 0 Å². The molecule has 1 atom stereocenters. The predicted molar refractivity (Wildman–Crippen MR) is 138 cm³/mol. The Hall–Kier alpha value is -4.38. The first kappa shape index (κ1) is 23.7. The van der Waals surface area contributed by atoms with Crippen molar-refractivity contribution in [2.75, 3.05) is 13.1 Å². The summed E-state index contributed by atoms with van der Waals surface area (Å²) in [6.07, 6.45) is 6.09. The molecular weight excluding hydrogens is 506 g/mol. The van der Waals surface area contributed by atoms with Gasteiger partial charge in [0.25, 0.3) is 11.8 Å². The number of hydrogen-bond acceptors (Lipinski definition) is 5. The maximum atomic E-state index is 15.7. The number of carbonyl (C=O) groups excluding carboxylic acids is 3. The highest BCUT2D eigenvalue weighted by molar-refractivity contribution is 6.49. The Morgan fingerprint density at radius 3 is 2.62 bits per heavy atom. The minimum Gasteiger partial charge on any atom is -0.341 e. The van der Waals surface area contributed by atoms with Crippen LogP contribution in [0.15, 0.2) is 42.7 Å². The first-order valence-corrected chi connectivity index (χ1v) is 13.0. The van der Waals surface area contributed by atoms with Gasteiger partial charge < -0.3 is 14.8 Å². The second kappa shape index (κ2) is 8.84. The van der Waals surface area contributed by atoms with E-state index < -0.39 is 29.6 Å². The Balaban J connectivity index is 1.40. The molecule has 2 N–H and O–H groups in total. The maximum absolute atomic E-state index is 15.7. The molecule has 198 valence electrons. The van der Waals surface area contributed by atoms with Crippen LogP contribution in [0.3, 0.4) is 0 Å². The van der Waals surface area contributed by atoms with Crippen molar-refractivity contribution in [3.05, 3.63) is 71.3 Å². The van der Waals surface area contributed by atoms with Crippen molar-refractivity contribution in [2.24, 2.45) is 0 Å². The van der Waals surface area contributed by atoms with Gasteiger partial charge in [0.1, 0.15) is 11.7 Å². The summed E-state index contributed by atoms with van der Waals surface area (Å²) in [5, 5.41) is 5.43. The van der Waals surface area contributed by atoms with Gasteiger partial charge in [-0.2, -0.15) is 4.39 Å². The maximum Gasteiger partial charge on any atom is 0.261 e. The summed E-state index contributed by atoms with van der Waals surface area (Å²) in [4.78, 5) is 45.5. The summed E-state index contributed by atoms with van der Waals surface area (Å²) >= 11 is 0. The second-order valence-corrected chi connectivity index (χ2v) is 10.1. The molecule has 3 aromatic heterocycles. The Labute approximate surface area is 221 Å². The number of imidazole rings is 1. The number of likely N-dealkylation sites (tertiary alicyclic amines) is 1. The average Bonchev–Trinajstić information content (AvgIpc) is 3.52. The summed E-state index contributed by atoms with van der Waals surface area (Å²) in [7, 11) is 0. The Morgan fingerprint density at radius 2 is 1.79 bits per heavy atom. The van der Waals surface area contributed by atoms with Crippen LogP contribution in [0, 0.1) is 11.8 Å². The standard InChI is InChI=1S/C28H24F2N6O3/c29-23-21-16(20-22(27(38)33-26(20)37)18-13-32-19-6-2-5-11-35(18)19)8-7-15-12-31-17(14-36(24(15)21)25(23)30)28(39)34-9-3-1-4-10-34/h2,5-8,11,13,17,31H,1,3-4,9-10,12,14H2,(H,33,37,38). The van der Waals surface area contributed by atoms with Crippen molar-refractivity contribution >= 4 is 45.4 Å². The lowest BCUT2D eigenvalue weighted by Gasteiger charge is -2.30. The minimum absolute atomic E-state index is 0.0338. The monoisotopic (exact) mass is 530 g/mol. The van der Waals surface area contributed by atoms with Crippen molar-refractivity contribution in [3.63, 3.8) is 0 Å². The minimum atomic E-state index is -1.12. The van der Waals surface area contributed by atoms with Gasteiger partial charge in [0, 0.05) is 43.3 Å². The zero-order valence-corrected chi connectivity index (χ0v) is 20.8. The molecule has 11 heteroatoms. The van der Waals surface area contributed by atoms with Gasteiger partial charge in [0.05, 0.1) is 28.6 Å². The van der Waals surface area contributed by atoms with Crippen molar-refractivity contribution in [1.29, 1.82) is 0 Å². The number of nitrogens with one attached hydrogen (secondary N) is 2. The van der Waals surface area contributed by atoms with Crippen molar-refractivity contribution < 1.29 is 23.2 Å². The molecule has 39 heavy (non-hydrogen) atoms. The molecule has 9 nitrogen and oxygen atoms in total. The lowest BCUT2D eigenvalue weighted by Crippen LogP contribution is -2.49. The Kier molecular flexibility index (Phi) is 5.37. The number of imide groups is 1. The lowest BCUT2D eigenvalue weighted by atomic mass is 9.95. The van der Waals surface area contributed by atoms with Crippen molar-refractivity contribution in [2.45, 2.75) is 38.4 Å². The summed E-state index contributed by atoms with van der Waals surface area (Å²) < 4.78 is 34.1. The number of rotatable bonds is 3. The number of fused-ring (bicyclic) bond motifs is 1. The van der Waals surface area contributed by atoms with Gasteiger partial charge in [0.2, 0.25) is 11.9 Å². The summed E-state index contributed by atoms with van der Waals surface area (Å²) in [5.41, 5.74) is 1.87. The van der Waals surface area contributed by atoms with Crippen LogP contribution < -0.4 is 10.6 Å². The van der Waals surface area contributed by atoms with Crippen LogP contribution >= 0.6 is 0 Å². The molecular formula is C28H24F2N6O3. The first-order valence-electron chi connectivity index (χ1n) is 13.0. The fourth-order valence-corrected chi connectivity index (χ4v) is 6.06. The van der Waals surface area contributed by atoms with Gasteiger partial charge in [-0.3, -0.25) is 24.1 Å². The van der Waals surface area contributed by atoms with Crippen LogP contribution in [0.2, 0.25) is 0 Å². The third kappa shape index (κ3) is 3.53. The predicted octanol–water partition coefficient (Wildman–Crippen LogP) is 2.62. The molecule has 3 amide bonds. The largest absolute Gasteiger partial charge is 0.341 e. The van der Waals surface area contributed by atoms with E-state index in [9.17, 15) is 14.4 Å². The van der Waals surface area contributed by atoms with Gasteiger partial charge in [-0.1, -0.05) is 18.2 Å². The smallest absolute Gasteiger partial charge is 0.261 e. The summed E-state index contributed by atoms with van der Waals surface area (Å²) in [5.74, 6) is -3.71. The fourth-order valence-electron chi connectivity index (χ4n) is 6.06. The highest BCUT2D eigenvalue weighted by Crippen LogP contribution is 2.39. The molecule has 0 bridgehead atoms. The number of carbonyl (C=O) groups is 3. The van der Waals surface area contributed by atoms with Gasteiger partial charge in [-0.05, 0) is 37.0 Å². The average molecular weight is 531 g/mol. The lowest BCUT2D eigenvalue weighted by molar-refractivity contribution is -0.134. The van der Waals surface area contributed by atoms with Gasteiger partial charge in [0.15, 0.2) is 5.82 Å². The number of nitrogens with zero attached hydrogens (tertiary/aromatic N) is 4. The van der Waals surface area contributed by atoms with E-state index in [1.54, 1.807) is 39.8 Å². The van der Waals surface area contributed by atoms with E-state index in [0.29, 0.717) is 30.0 Å².